The fraction of sp³-hybridized carbons (Fsp3) is 0.125. The number of halogens is 1. The molecule has 0 saturated heterocycles. The smallest absolute Gasteiger partial charge is 0.259 e. The number of amides is 2. The normalized spacial score (nSPS) is 15.5. The summed E-state index contributed by atoms with van der Waals surface area (Å²) in [5.41, 5.74) is 2.98. The number of nitrogens with zero attached hydrogens (tertiary/aromatic N) is 3. The van der Waals surface area contributed by atoms with Crippen LogP contribution in [0.3, 0.4) is 0 Å². The highest BCUT2D eigenvalue weighted by molar-refractivity contribution is 6.17. The van der Waals surface area contributed by atoms with E-state index in [0.717, 1.165) is 5.56 Å². The molecule has 30 heavy (non-hydrogen) atoms. The number of nitriles is 1. The molecule has 1 atom stereocenters. The Morgan fingerprint density at radius 3 is 2.27 bits per heavy atom. The standard InChI is InChI=1S/C24H18FN3O2/c1-16-23(29)27(15-18-8-6-17(14-26)7-9-18)21-4-2-3-5-22(21)28(16)24(30)19-10-12-20(25)13-11-19/h2-13,16H,15H2,1H3/t16-/m1/s1. The van der Waals surface area contributed by atoms with Crippen LogP contribution in [0.2, 0.25) is 0 Å². The van der Waals surface area contributed by atoms with Gasteiger partial charge < -0.3 is 4.90 Å². The lowest BCUT2D eigenvalue weighted by molar-refractivity contribution is -0.119. The predicted molar refractivity (Wildman–Crippen MR) is 111 cm³/mol. The minimum atomic E-state index is -0.726. The summed E-state index contributed by atoms with van der Waals surface area (Å²) >= 11 is 0. The first kappa shape index (κ1) is 19.3. The van der Waals surface area contributed by atoms with Crippen LogP contribution >= 0.6 is 0 Å². The summed E-state index contributed by atoms with van der Waals surface area (Å²) in [5.74, 6) is -1.00. The van der Waals surface area contributed by atoms with Crippen molar-refractivity contribution in [2.75, 3.05) is 9.80 Å². The molecule has 0 N–H and O–H groups in total. The molecule has 0 radical (unpaired) electrons. The number of hydrogen-bond acceptors (Lipinski definition) is 3. The number of fused-ring (bicyclic) bond motifs is 1. The van der Waals surface area contributed by atoms with Crippen LogP contribution in [0.4, 0.5) is 15.8 Å². The Hall–Kier alpha value is -3.98. The Kier molecular flexibility index (Phi) is 5.03. The molecule has 1 heterocycles. The van der Waals surface area contributed by atoms with Crippen molar-refractivity contribution in [1.29, 1.82) is 5.26 Å². The number of para-hydroxylation sites is 2. The third-order valence-corrected chi connectivity index (χ3v) is 5.18. The monoisotopic (exact) mass is 399 g/mol. The Balaban J connectivity index is 1.72. The van der Waals surface area contributed by atoms with E-state index in [2.05, 4.69) is 6.07 Å². The quantitative estimate of drug-likeness (QED) is 0.660. The topological polar surface area (TPSA) is 64.4 Å². The van der Waals surface area contributed by atoms with Gasteiger partial charge in [-0.3, -0.25) is 14.5 Å². The van der Waals surface area contributed by atoms with Crippen molar-refractivity contribution in [3.63, 3.8) is 0 Å². The van der Waals surface area contributed by atoms with Crippen molar-refractivity contribution in [2.24, 2.45) is 0 Å². The average molecular weight is 399 g/mol. The first-order chi connectivity index (χ1) is 14.5. The Morgan fingerprint density at radius 1 is 1.00 bits per heavy atom. The van der Waals surface area contributed by atoms with E-state index in [1.54, 1.807) is 36.1 Å². The van der Waals surface area contributed by atoms with Gasteiger partial charge in [-0.05, 0) is 61.0 Å². The number of hydrogen-bond donors (Lipinski definition) is 0. The van der Waals surface area contributed by atoms with Gasteiger partial charge in [0.1, 0.15) is 11.9 Å². The van der Waals surface area contributed by atoms with E-state index < -0.39 is 11.9 Å². The van der Waals surface area contributed by atoms with Crippen LogP contribution in [0.1, 0.15) is 28.4 Å². The number of rotatable bonds is 3. The van der Waals surface area contributed by atoms with Crippen molar-refractivity contribution in [3.05, 3.63) is 95.3 Å². The van der Waals surface area contributed by atoms with E-state index in [9.17, 15) is 14.0 Å². The number of carbonyl (C=O) groups excluding carboxylic acids is 2. The molecule has 6 heteroatoms. The molecule has 1 aliphatic heterocycles. The molecular formula is C24H18FN3O2. The van der Waals surface area contributed by atoms with Gasteiger partial charge in [0, 0.05) is 5.56 Å². The zero-order valence-corrected chi connectivity index (χ0v) is 16.2. The lowest BCUT2D eigenvalue weighted by atomic mass is 10.0. The second-order valence-corrected chi connectivity index (χ2v) is 7.08. The third-order valence-electron chi connectivity index (χ3n) is 5.18. The average Bonchev–Trinajstić information content (AvgIpc) is 2.77. The first-order valence-electron chi connectivity index (χ1n) is 9.48. The van der Waals surface area contributed by atoms with Gasteiger partial charge in [0.25, 0.3) is 5.91 Å². The van der Waals surface area contributed by atoms with Crippen molar-refractivity contribution >= 4 is 23.2 Å². The Labute approximate surface area is 173 Å². The van der Waals surface area contributed by atoms with E-state index >= 15 is 0 Å². The molecule has 3 aromatic rings. The van der Waals surface area contributed by atoms with Crippen LogP contribution in [0, 0.1) is 17.1 Å². The van der Waals surface area contributed by atoms with Crippen LogP contribution in [-0.2, 0) is 11.3 Å². The van der Waals surface area contributed by atoms with Crippen molar-refractivity contribution in [3.8, 4) is 6.07 Å². The zero-order chi connectivity index (χ0) is 21.3. The molecule has 0 bridgehead atoms. The molecule has 0 saturated carbocycles. The van der Waals surface area contributed by atoms with E-state index in [0.29, 0.717) is 29.0 Å². The summed E-state index contributed by atoms with van der Waals surface area (Å²) in [6.07, 6.45) is 0. The Bertz CT molecular complexity index is 1150. The fourth-order valence-corrected chi connectivity index (χ4v) is 3.61. The molecule has 2 amide bonds. The molecular weight excluding hydrogens is 381 g/mol. The van der Waals surface area contributed by atoms with Crippen LogP contribution in [0.25, 0.3) is 0 Å². The second-order valence-electron chi connectivity index (χ2n) is 7.08. The van der Waals surface area contributed by atoms with Gasteiger partial charge >= 0.3 is 0 Å². The van der Waals surface area contributed by atoms with Gasteiger partial charge in [0.15, 0.2) is 0 Å². The summed E-state index contributed by atoms with van der Waals surface area (Å²) < 4.78 is 13.3. The van der Waals surface area contributed by atoms with Gasteiger partial charge in [-0.25, -0.2) is 4.39 Å². The van der Waals surface area contributed by atoms with E-state index in [4.69, 9.17) is 5.26 Å². The summed E-state index contributed by atoms with van der Waals surface area (Å²) in [6, 6.07) is 20.9. The molecule has 0 aromatic heterocycles. The van der Waals surface area contributed by atoms with Gasteiger partial charge in [-0.1, -0.05) is 24.3 Å². The molecule has 0 fully saturated rings. The van der Waals surface area contributed by atoms with Crippen molar-refractivity contribution < 1.29 is 14.0 Å². The minimum absolute atomic E-state index is 0.214. The van der Waals surface area contributed by atoms with Gasteiger partial charge in [-0.2, -0.15) is 5.26 Å². The molecule has 4 rings (SSSR count). The maximum Gasteiger partial charge on any atom is 0.259 e. The molecule has 0 unspecified atom stereocenters. The predicted octanol–water partition coefficient (Wildman–Crippen LogP) is 4.28. The summed E-state index contributed by atoms with van der Waals surface area (Å²) in [7, 11) is 0. The summed E-state index contributed by atoms with van der Waals surface area (Å²) in [4.78, 5) is 29.5. The van der Waals surface area contributed by atoms with E-state index in [-0.39, 0.29) is 11.8 Å². The van der Waals surface area contributed by atoms with E-state index in [1.165, 1.54) is 29.2 Å². The molecule has 148 valence electrons. The lowest BCUT2D eigenvalue weighted by Crippen LogP contribution is -2.54. The highest BCUT2D eigenvalue weighted by Crippen LogP contribution is 2.37. The fourth-order valence-electron chi connectivity index (χ4n) is 3.61. The SMILES string of the molecule is C[C@@H]1C(=O)N(Cc2ccc(C#N)cc2)c2ccccc2N1C(=O)c1ccc(F)cc1. The largest absolute Gasteiger partial charge is 0.304 e. The molecule has 5 nitrogen and oxygen atoms in total. The maximum absolute atomic E-state index is 13.3. The van der Waals surface area contributed by atoms with Crippen LogP contribution < -0.4 is 9.80 Å². The lowest BCUT2D eigenvalue weighted by Gasteiger charge is -2.40. The molecule has 1 aliphatic rings. The van der Waals surface area contributed by atoms with E-state index in [1.807, 2.05) is 24.3 Å². The number of anilines is 2. The molecule has 0 spiro atoms. The molecule has 0 aliphatic carbocycles. The highest BCUT2D eigenvalue weighted by atomic mass is 19.1. The van der Waals surface area contributed by atoms with Crippen molar-refractivity contribution in [1.82, 2.24) is 0 Å². The minimum Gasteiger partial charge on any atom is -0.304 e. The number of benzene rings is 3. The third kappa shape index (κ3) is 3.42. The Morgan fingerprint density at radius 2 is 1.63 bits per heavy atom. The summed E-state index contributed by atoms with van der Waals surface area (Å²) in [5, 5.41) is 8.97. The van der Waals surface area contributed by atoms with Crippen LogP contribution in [0.5, 0.6) is 0 Å². The van der Waals surface area contributed by atoms with Gasteiger partial charge in [-0.15, -0.1) is 0 Å². The first-order valence-corrected chi connectivity index (χ1v) is 9.48. The highest BCUT2D eigenvalue weighted by Gasteiger charge is 2.38. The second kappa shape index (κ2) is 7.80. The zero-order valence-electron chi connectivity index (χ0n) is 16.2. The van der Waals surface area contributed by atoms with Crippen LogP contribution in [0.15, 0.2) is 72.8 Å². The van der Waals surface area contributed by atoms with Gasteiger partial charge in [0.05, 0.1) is 29.6 Å². The van der Waals surface area contributed by atoms with Crippen molar-refractivity contribution in [2.45, 2.75) is 19.5 Å². The maximum atomic E-state index is 13.3. The molecule has 3 aromatic carbocycles. The van der Waals surface area contributed by atoms with Gasteiger partial charge in [0.2, 0.25) is 5.91 Å². The summed E-state index contributed by atoms with van der Waals surface area (Å²) in [6.45, 7) is 2.01. The number of carbonyl (C=O) groups is 2. The van der Waals surface area contributed by atoms with Crippen LogP contribution in [-0.4, -0.2) is 17.9 Å².